The first-order valence-corrected chi connectivity index (χ1v) is 9.21. The number of aryl methyl sites for hydroxylation is 2. The molecule has 1 N–H and O–H groups in total. The highest BCUT2D eigenvalue weighted by atomic mass is 32.1. The number of fused-ring (bicyclic) bond motifs is 1. The lowest BCUT2D eigenvalue weighted by molar-refractivity contribution is -0.115. The number of carbonyl (C=O) groups excluding carboxylic acids is 2. The molecule has 26 heavy (non-hydrogen) atoms. The summed E-state index contributed by atoms with van der Waals surface area (Å²) < 4.78 is 5.84. The van der Waals surface area contributed by atoms with Crippen LogP contribution in [-0.2, 0) is 16.0 Å². The van der Waals surface area contributed by atoms with Gasteiger partial charge in [0.2, 0.25) is 5.91 Å². The monoisotopic (exact) mass is 368 g/mol. The molecule has 0 saturated carbocycles. The molecule has 1 aromatic heterocycles. The fourth-order valence-corrected chi connectivity index (χ4v) is 3.62. The van der Waals surface area contributed by atoms with E-state index in [1.54, 1.807) is 25.1 Å². The van der Waals surface area contributed by atoms with Crippen molar-refractivity contribution in [3.63, 3.8) is 0 Å². The van der Waals surface area contributed by atoms with E-state index in [4.69, 9.17) is 4.74 Å². The molecule has 0 fully saturated rings. The Hall–Kier alpha value is -2.73. The van der Waals surface area contributed by atoms with Gasteiger partial charge in [0.25, 0.3) is 0 Å². The number of amides is 1. The number of benzene rings is 2. The first-order valence-electron chi connectivity index (χ1n) is 8.40. The number of esters is 1. The Morgan fingerprint density at radius 2 is 1.96 bits per heavy atom. The molecule has 0 radical (unpaired) electrons. The highest BCUT2D eigenvalue weighted by Gasteiger charge is 2.12. The molecule has 6 heteroatoms. The fourth-order valence-electron chi connectivity index (χ4n) is 2.70. The summed E-state index contributed by atoms with van der Waals surface area (Å²) in [5, 5.41) is 3.37. The molecule has 5 nitrogen and oxygen atoms in total. The van der Waals surface area contributed by atoms with Crippen LogP contribution in [0.15, 0.2) is 36.4 Å². The molecule has 0 aliphatic heterocycles. The van der Waals surface area contributed by atoms with Crippen LogP contribution in [0.2, 0.25) is 0 Å². The smallest absolute Gasteiger partial charge is 0.338 e. The lowest BCUT2D eigenvalue weighted by Gasteiger charge is -2.06. The minimum absolute atomic E-state index is 0.110. The molecule has 0 aliphatic carbocycles. The third-order valence-electron chi connectivity index (χ3n) is 4.00. The lowest BCUT2D eigenvalue weighted by Crippen LogP contribution is -2.14. The molecule has 134 valence electrons. The van der Waals surface area contributed by atoms with Gasteiger partial charge in [-0.1, -0.05) is 35.1 Å². The standard InChI is InChI=1S/C20H20N2O3S/c1-4-25-19(24)15-7-8-16-17(10-15)26-20(21-16)22-18(23)11-14-6-5-12(2)9-13(14)3/h5-10H,4,11H2,1-3H3,(H,21,22,23). The van der Waals surface area contributed by atoms with E-state index < -0.39 is 0 Å². The van der Waals surface area contributed by atoms with Crippen molar-refractivity contribution in [3.8, 4) is 0 Å². The molecule has 2 aromatic carbocycles. The van der Waals surface area contributed by atoms with Gasteiger partial charge in [-0.15, -0.1) is 0 Å². The Morgan fingerprint density at radius 1 is 1.15 bits per heavy atom. The molecule has 0 unspecified atom stereocenters. The number of thiazole rings is 1. The average Bonchev–Trinajstić information content (AvgIpc) is 2.98. The number of hydrogen-bond donors (Lipinski definition) is 1. The second kappa shape index (κ2) is 7.66. The SMILES string of the molecule is CCOC(=O)c1ccc2nc(NC(=O)Cc3ccc(C)cc3C)sc2c1. The minimum Gasteiger partial charge on any atom is -0.462 e. The van der Waals surface area contributed by atoms with Crippen molar-refractivity contribution in [2.45, 2.75) is 27.2 Å². The maximum absolute atomic E-state index is 12.3. The summed E-state index contributed by atoms with van der Waals surface area (Å²) in [4.78, 5) is 28.6. The van der Waals surface area contributed by atoms with E-state index >= 15 is 0 Å². The van der Waals surface area contributed by atoms with Crippen molar-refractivity contribution in [1.29, 1.82) is 0 Å². The summed E-state index contributed by atoms with van der Waals surface area (Å²) in [6.45, 7) is 6.14. The first-order chi connectivity index (χ1) is 12.5. The normalized spacial score (nSPS) is 10.7. The van der Waals surface area contributed by atoms with Gasteiger partial charge in [0.05, 0.1) is 28.8 Å². The number of rotatable bonds is 5. The molecule has 0 aliphatic rings. The number of anilines is 1. The number of carbonyl (C=O) groups is 2. The third kappa shape index (κ3) is 4.08. The van der Waals surface area contributed by atoms with Crippen LogP contribution in [0.25, 0.3) is 10.2 Å². The number of ether oxygens (including phenoxy) is 1. The highest BCUT2D eigenvalue weighted by molar-refractivity contribution is 7.22. The summed E-state index contributed by atoms with van der Waals surface area (Å²) in [7, 11) is 0. The van der Waals surface area contributed by atoms with Crippen LogP contribution in [0, 0.1) is 13.8 Å². The predicted octanol–water partition coefficient (Wildman–Crippen LogP) is 4.27. The molecule has 1 heterocycles. The Kier molecular flexibility index (Phi) is 5.32. The molecule has 3 aromatic rings. The van der Waals surface area contributed by atoms with Gasteiger partial charge >= 0.3 is 5.97 Å². The highest BCUT2D eigenvalue weighted by Crippen LogP contribution is 2.27. The summed E-state index contributed by atoms with van der Waals surface area (Å²) in [5.41, 5.74) is 4.50. The van der Waals surface area contributed by atoms with Crippen molar-refractivity contribution in [2.75, 3.05) is 11.9 Å². The molecular weight excluding hydrogens is 348 g/mol. The van der Waals surface area contributed by atoms with E-state index in [-0.39, 0.29) is 11.9 Å². The Bertz CT molecular complexity index is 978. The molecule has 0 spiro atoms. The van der Waals surface area contributed by atoms with Gasteiger partial charge in [0.15, 0.2) is 5.13 Å². The zero-order chi connectivity index (χ0) is 18.7. The van der Waals surface area contributed by atoms with Gasteiger partial charge in [0, 0.05) is 0 Å². The third-order valence-corrected chi connectivity index (χ3v) is 4.93. The van der Waals surface area contributed by atoms with Gasteiger partial charge in [0.1, 0.15) is 0 Å². The number of nitrogens with zero attached hydrogens (tertiary/aromatic N) is 1. The van der Waals surface area contributed by atoms with Crippen LogP contribution in [0.4, 0.5) is 5.13 Å². The molecule has 1 amide bonds. The molecular formula is C20H20N2O3S. The van der Waals surface area contributed by atoms with E-state index in [0.29, 0.717) is 23.7 Å². The van der Waals surface area contributed by atoms with Crippen LogP contribution >= 0.6 is 11.3 Å². The Morgan fingerprint density at radius 3 is 2.69 bits per heavy atom. The van der Waals surface area contributed by atoms with E-state index in [9.17, 15) is 9.59 Å². The Balaban J connectivity index is 1.74. The summed E-state index contributed by atoms with van der Waals surface area (Å²) >= 11 is 1.34. The first kappa shape index (κ1) is 18.1. The average molecular weight is 368 g/mol. The van der Waals surface area contributed by atoms with Crippen molar-refractivity contribution in [3.05, 3.63) is 58.7 Å². The lowest BCUT2D eigenvalue weighted by atomic mass is 10.0. The van der Waals surface area contributed by atoms with E-state index in [1.807, 2.05) is 26.0 Å². The fraction of sp³-hybridized carbons (Fsp3) is 0.250. The molecule has 0 saturated heterocycles. The summed E-state index contributed by atoms with van der Waals surface area (Å²) in [5.74, 6) is -0.468. The van der Waals surface area contributed by atoms with Gasteiger partial charge in [-0.3, -0.25) is 4.79 Å². The predicted molar refractivity (Wildman–Crippen MR) is 104 cm³/mol. The van der Waals surface area contributed by atoms with E-state index in [1.165, 1.54) is 16.9 Å². The molecule has 3 rings (SSSR count). The Labute approximate surface area is 156 Å². The van der Waals surface area contributed by atoms with E-state index in [0.717, 1.165) is 21.3 Å². The van der Waals surface area contributed by atoms with Crippen LogP contribution < -0.4 is 5.32 Å². The zero-order valence-corrected chi connectivity index (χ0v) is 15.8. The van der Waals surface area contributed by atoms with Crippen LogP contribution in [0.3, 0.4) is 0 Å². The van der Waals surface area contributed by atoms with Gasteiger partial charge in [-0.2, -0.15) is 0 Å². The largest absolute Gasteiger partial charge is 0.462 e. The van der Waals surface area contributed by atoms with Crippen molar-refractivity contribution in [2.24, 2.45) is 0 Å². The second-order valence-electron chi connectivity index (χ2n) is 6.08. The number of nitrogens with one attached hydrogen (secondary N) is 1. The summed E-state index contributed by atoms with van der Waals surface area (Å²) in [6.07, 6.45) is 0.302. The maximum Gasteiger partial charge on any atom is 0.338 e. The zero-order valence-electron chi connectivity index (χ0n) is 15.0. The van der Waals surface area contributed by atoms with Crippen molar-refractivity contribution < 1.29 is 14.3 Å². The van der Waals surface area contributed by atoms with Crippen molar-refractivity contribution in [1.82, 2.24) is 4.98 Å². The van der Waals surface area contributed by atoms with Crippen molar-refractivity contribution >= 4 is 38.6 Å². The topological polar surface area (TPSA) is 68.3 Å². The molecule has 0 bridgehead atoms. The van der Waals surface area contributed by atoms with Gasteiger partial charge in [-0.25, -0.2) is 9.78 Å². The van der Waals surface area contributed by atoms with Crippen LogP contribution in [0.5, 0.6) is 0 Å². The maximum atomic E-state index is 12.3. The van der Waals surface area contributed by atoms with E-state index in [2.05, 4.69) is 16.4 Å². The van der Waals surface area contributed by atoms with Gasteiger partial charge < -0.3 is 10.1 Å². The minimum atomic E-state index is -0.358. The quantitative estimate of drug-likeness (QED) is 0.683. The number of aromatic nitrogens is 1. The van der Waals surface area contributed by atoms with Crippen LogP contribution in [0.1, 0.15) is 34.0 Å². The van der Waals surface area contributed by atoms with Gasteiger partial charge in [-0.05, 0) is 50.1 Å². The second-order valence-corrected chi connectivity index (χ2v) is 7.11. The van der Waals surface area contributed by atoms with Crippen LogP contribution in [-0.4, -0.2) is 23.5 Å². The summed E-state index contributed by atoms with van der Waals surface area (Å²) in [6, 6.07) is 11.2. The number of hydrogen-bond acceptors (Lipinski definition) is 5. The molecule has 0 atom stereocenters.